The third-order valence-corrected chi connectivity index (χ3v) is 5.07. The summed E-state index contributed by atoms with van der Waals surface area (Å²) in [6.07, 6.45) is 2.21. The minimum absolute atomic E-state index is 0.0552. The highest BCUT2D eigenvalue weighted by molar-refractivity contribution is 7.71. The molecule has 29 heavy (non-hydrogen) atoms. The van der Waals surface area contributed by atoms with Gasteiger partial charge < -0.3 is 29.2 Å². The highest BCUT2D eigenvalue weighted by Crippen LogP contribution is 2.34. The van der Waals surface area contributed by atoms with E-state index < -0.39 is 6.29 Å². The minimum Gasteiger partial charge on any atom is -0.454 e. The smallest absolute Gasteiger partial charge is 0.262 e. The van der Waals surface area contributed by atoms with Crippen molar-refractivity contribution >= 4 is 29.0 Å². The van der Waals surface area contributed by atoms with Gasteiger partial charge in [-0.2, -0.15) is 0 Å². The number of aromatic nitrogens is 2. The van der Waals surface area contributed by atoms with Crippen molar-refractivity contribution in [3.8, 4) is 11.5 Å². The first kappa shape index (κ1) is 21.3. The Kier molecular flexibility index (Phi) is 7.24. The fourth-order valence-electron chi connectivity index (χ4n) is 3.13. The Labute approximate surface area is 172 Å². The van der Waals surface area contributed by atoms with Crippen LogP contribution >= 0.6 is 12.2 Å². The normalized spacial score (nSPS) is 12.7. The van der Waals surface area contributed by atoms with Crippen LogP contribution in [0.15, 0.2) is 16.9 Å². The Morgan fingerprint density at radius 3 is 2.69 bits per heavy atom. The number of nitrogens with one attached hydrogen (secondary N) is 2. The Balaban J connectivity index is 1.52. The lowest BCUT2D eigenvalue weighted by molar-refractivity contribution is -0.127. The van der Waals surface area contributed by atoms with Gasteiger partial charge in [0.05, 0.1) is 17.4 Å². The second-order valence-electron chi connectivity index (χ2n) is 6.65. The largest absolute Gasteiger partial charge is 0.454 e. The Hall–Kier alpha value is -2.43. The molecule has 2 aromatic rings. The van der Waals surface area contributed by atoms with Crippen LogP contribution in [0.25, 0.3) is 10.9 Å². The number of nitrogens with zero attached hydrogens (tertiary/aromatic N) is 1. The first-order valence-electron chi connectivity index (χ1n) is 9.42. The summed E-state index contributed by atoms with van der Waals surface area (Å²) in [5.41, 5.74) is 0.465. The number of methoxy groups -OCH3 is 2. The van der Waals surface area contributed by atoms with Gasteiger partial charge in [-0.3, -0.25) is 14.2 Å². The van der Waals surface area contributed by atoms with Crippen molar-refractivity contribution in [2.24, 2.45) is 0 Å². The molecular weight excluding hydrogens is 398 g/mol. The van der Waals surface area contributed by atoms with E-state index in [1.165, 1.54) is 14.2 Å². The fourth-order valence-corrected chi connectivity index (χ4v) is 3.41. The number of carbonyl (C=O) groups is 1. The summed E-state index contributed by atoms with van der Waals surface area (Å²) >= 11 is 5.34. The van der Waals surface area contributed by atoms with Crippen molar-refractivity contribution in [2.75, 3.05) is 27.6 Å². The number of H-pyrrole nitrogens is 1. The standard InChI is InChI=1S/C19H25N3O6S/c1-25-17(26-2)10-20-16(23)6-4-3-5-7-22-18(24)12-8-14-15(28-11-27-14)9-13(12)21-19(22)29/h8-9,17H,3-7,10-11H2,1-2H3,(H,20,23)(H,21,29). The van der Waals surface area contributed by atoms with E-state index in [0.29, 0.717) is 53.1 Å². The van der Waals surface area contributed by atoms with Gasteiger partial charge in [0.2, 0.25) is 12.7 Å². The summed E-state index contributed by atoms with van der Waals surface area (Å²) in [6, 6.07) is 3.41. The van der Waals surface area contributed by atoms with E-state index in [9.17, 15) is 9.59 Å². The third-order valence-electron chi connectivity index (χ3n) is 4.75. The molecular formula is C19H25N3O6S. The first-order chi connectivity index (χ1) is 14.0. The number of hydrogen-bond acceptors (Lipinski definition) is 7. The SMILES string of the molecule is COC(CNC(=O)CCCCCn1c(=S)[nH]c2cc3c(cc2c1=O)OCO3)OC. The van der Waals surface area contributed by atoms with Crippen LogP contribution in [0.3, 0.4) is 0 Å². The highest BCUT2D eigenvalue weighted by Gasteiger charge is 2.17. The van der Waals surface area contributed by atoms with Crippen molar-refractivity contribution in [2.45, 2.75) is 38.5 Å². The maximum absolute atomic E-state index is 12.8. The molecule has 2 N–H and O–H groups in total. The average molecular weight is 423 g/mol. The molecule has 1 amide bonds. The predicted molar refractivity (Wildman–Crippen MR) is 109 cm³/mol. The van der Waals surface area contributed by atoms with Crippen LogP contribution < -0.4 is 20.3 Å². The van der Waals surface area contributed by atoms with Crippen molar-refractivity contribution in [3.05, 3.63) is 27.3 Å². The Bertz CT molecular complexity index is 982. The van der Waals surface area contributed by atoms with Gasteiger partial charge in [-0.25, -0.2) is 0 Å². The Morgan fingerprint density at radius 2 is 1.97 bits per heavy atom. The molecule has 0 saturated carbocycles. The summed E-state index contributed by atoms with van der Waals surface area (Å²) in [6.45, 7) is 0.938. The monoisotopic (exact) mass is 423 g/mol. The predicted octanol–water partition coefficient (Wildman–Crippen LogP) is 2.08. The van der Waals surface area contributed by atoms with E-state index in [-0.39, 0.29) is 18.3 Å². The van der Waals surface area contributed by atoms with Crippen LogP contribution in [-0.2, 0) is 20.8 Å². The van der Waals surface area contributed by atoms with E-state index in [1.54, 1.807) is 16.7 Å². The lowest BCUT2D eigenvalue weighted by Gasteiger charge is -2.14. The van der Waals surface area contributed by atoms with E-state index in [2.05, 4.69) is 10.3 Å². The van der Waals surface area contributed by atoms with E-state index in [0.717, 1.165) is 12.8 Å². The molecule has 0 spiro atoms. The quantitative estimate of drug-likeness (QED) is 0.343. The molecule has 0 radical (unpaired) electrons. The number of carbonyl (C=O) groups excluding carboxylic acids is 1. The Morgan fingerprint density at radius 1 is 1.24 bits per heavy atom. The molecule has 0 fully saturated rings. The van der Waals surface area contributed by atoms with Gasteiger partial charge >= 0.3 is 0 Å². The number of fused-ring (bicyclic) bond motifs is 2. The zero-order valence-corrected chi connectivity index (χ0v) is 17.3. The van der Waals surface area contributed by atoms with Crippen LogP contribution in [0, 0.1) is 4.77 Å². The summed E-state index contributed by atoms with van der Waals surface area (Å²) in [4.78, 5) is 27.7. The van der Waals surface area contributed by atoms with E-state index in [4.69, 9.17) is 31.2 Å². The zero-order valence-electron chi connectivity index (χ0n) is 16.5. The second kappa shape index (κ2) is 9.86. The van der Waals surface area contributed by atoms with Gasteiger partial charge in [-0.05, 0) is 31.1 Å². The highest BCUT2D eigenvalue weighted by atomic mass is 32.1. The van der Waals surface area contributed by atoms with Gasteiger partial charge in [0.1, 0.15) is 0 Å². The number of aromatic amines is 1. The molecule has 2 heterocycles. The molecule has 10 heteroatoms. The van der Waals surface area contributed by atoms with Crippen molar-refractivity contribution < 1.29 is 23.7 Å². The molecule has 1 aromatic carbocycles. The molecule has 0 atom stereocenters. The maximum Gasteiger partial charge on any atom is 0.262 e. The van der Waals surface area contributed by atoms with Crippen molar-refractivity contribution in [1.82, 2.24) is 14.9 Å². The minimum atomic E-state index is -0.446. The van der Waals surface area contributed by atoms with Gasteiger partial charge in [0.25, 0.3) is 5.56 Å². The molecule has 158 valence electrons. The zero-order chi connectivity index (χ0) is 20.8. The molecule has 3 rings (SSSR count). The van der Waals surface area contributed by atoms with Crippen molar-refractivity contribution in [3.63, 3.8) is 0 Å². The maximum atomic E-state index is 12.8. The van der Waals surface area contributed by atoms with Crippen LogP contribution in [-0.4, -0.2) is 49.3 Å². The van der Waals surface area contributed by atoms with Crippen molar-refractivity contribution in [1.29, 1.82) is 0 Å². The number of hydrogen-bond donors (Lipinski definition) is 2. The molecule has 1 aliphatic rings. The number of ether oxygens (including phenoxy) is 4. The second-order valence-corrected chi connectivity index (χ2v) is 7.04. The molecule has 0 bridgehead atoms. The van der Waals surface area contributed by atoms with E-state index >= 15 is 0 Å². The van der Waals surface area contributed by atoms with E-state index in [1.807, 2.05) is 0 Å². The number of amides is 1. The molecule has 0 unspecified atom stereocenters. The first-order valence-corrected chi connectivity index (χ1v) is 9.83. The molecule has 1 aromatic heterocycles. The van der Waals surface area contributed by atoms with Crippen LogP contribution in [0.4, 0.5) is 0 Å². The summed E-state index contributed by atoms with van der Waals surface area (Å²) in [7, 11) is 3.04. The number of rotatable bonds is 10. The van der Waals surface area contributed by atoms with Crippen LogP contribution in [0.2, 0.25) is 0 Å². The lowest BCUT2D eigenvalue weighted by Crippen LogP contribution is -2.33. The summed E-state index contributed by atoms with van der Waals surface area (Å²) < 4.78 is 22.6. The topological polar surface area (TPSA) is 104 Å². The van der Waals surface area contributed by atoms with Gasteiger partial charge in [0.15, 0.2) is 22.6 Å². The lowest BCUT2D eigenvalue weighted by atomic mass is 10.2. The van der Waals surface area contributed by atoms with Gasteiger partial charge in [-0.15, -0.1) is 0 Å². The average Bonchev–Trinajstić information content (AvgIpc) is 3.17. The molecule has 9 nitrogen and oxygen atoms in total. The van der Waals surface area contributed by atoms with Gasteiger partial charge in [0, 0.05) is 33.3 Å². The summed E-state index contributed by atoms with van der Waals surface area (Å²) in [5, 5.41) is 3.27. The van der Waals surface area contributed by atoms with Crippen LogP contribution in [0.1, 0.15) is 25.7 Å². The fraction of sp³-hybridized carbons (Fsp3) is 0.526. The summed E-state index contributed by atoms with van der Waals surface area (Å²) in [5.74, 6) is 1.10. The molecule has 0 aliphatic carbocycles. The number of unbranched alkanes of at least 4 members (excludes halogenated alkanes) is 2. The third kappa shape index (κ3) is 5.14. The molecule has 0 saturated heterocycles. The number of benzene rings is 1. The molecule has 1 aliphatic heterocycles. The van der Waals surface area contributed by atoms with Gasteiger partial charge in [-0.1, -0.05) is 6.42 Å². The van der Waals surface area contributed by atoms with Crippen LogP contribution in [0.5, 0.6) is 11.5 Å².